The van der Waals surface area contributed by atoms with Crippen molar-refractivity contribution in [2.45, 2.75) is 81.5 Å². The standard InChI is InChI=1S/C23H33F6NOS/c1-3-21(31-2,16-32-20-7-5-4-6-8-20)10-12-30-11-9-17-13-18(22(24,25)26)15-19(14-17)23(27,28)29/h13-15,20,30H,3-12,16H2,1-2H3. The molecule has 2 nitrogen and oxygen atoms in total. The van der Waals surface area contributed by atoms with E-state index in [1.165, 1.54) is 32.1 Å². The summed E-state index contributed by atoms with van der Waals surface area (Å²) in [4.78, 5) is 0. The maximum absolute atomic E-state index is 13.0. The van der Waals surface area contributed by atoms with E-state index in [9.17, 15) is 26.3 Å². The third-order valence-electron chi connectivity index (χ3n) is 6.21. The molecule has 1 unspecified atom stereocenters. The molecule has 9 heteroatoms. The number of rotatable bonds is 11. The van der Waals surface area contributed by atoms with E-state index in [0.29, 0.717) is 11.8 Å². The van der Waals surface area contributed by atoms with Crippen LogP contribution in [0.1, 0.15) is 68.6 Å². The maximum atomic E-state index is 13.0. The van der Waals surface area contributed by atoms with Gasteiger partial charge in [0, 0.05) is 18.1 Å². The van der Waals surface area contributed by atoms with E-state index in [-0.39, 0.29) is 30.2 Å². The molecule has 1 aromatic rings. The van der Waals surface area contributed by atoms with Gasteiger partial charge < -0.3 is 10.1 Å². The Balaban J connectivity index is 1.88. The molecule has 0 aliphatic heterocycles. The summed E-state index contributed by atoms with van der Waals surface area (Å²) in [5.74, 6) is 0.884. The van der Waals surface area contributed by atoms with E-state index in [0.717, 1.165) is 30.7 Å². The first kappa shape index (κ1) is 27.3. The molecular formula is C23H33F6NOS. The first-order chi connectivity index (χ1) is 15.0. The first-order valence-corrected chi connectivity index (χ1v) is 12.2. The van der Waals surface area contributed by atoms with Gasteiger partial charge in [-0.1, -0.05) is 26.2 Å². The van der Waals surface area contributed by atoms with Gasteiger partial charge in [0.2, 0.25) is 0 Å². The fraction of sp³-hybridized carbons (Fsp3) is 0.739. The summed E-state index contributed by atoms with van der Waals surface area (Å²) < 4.78 is 83.8. The third kappa shape index (κ3) is 8.45. The number of methoxy groups -OCH3 is 1. The second-order valence-corrected chi connectivity index (χ2v) is 9.76. The van der Waals surface area contributed by atoms with Crippen LogP contribution in [0.15, 0.2) is 18.2 Å². The highest BCUT2D eigenvalue weighted by molar-refractivity contribution is 7.99. The lowest BCUT2D eigenvalue weighted by molar-refractivity contribution is -0.143. The Morgan fingerprint density at radius 1 is 0.938 bits per heavy atom. The summed E-state index contributed by atoms with van der Waals surface area (Å²) in [6, 6.07) is 1.75. The van der Waals surface area contributed by atoms with Crippen LogP contribution in [-0.2, 0) is 23.5 Å². The van der Waals surface area contributed by atoms with Crippen molar-refractivity contribution in [1.82, 2.24) is 5.32 Å². The van der Waals surface area contributed by atoms with Crippen molar-refractivity contribution >= 4 is 11.8 Å². The van der Waals surface area contributed by atoms with Crippen LogP contribution in [0.2, 0.25) is 0 Å². The topological polar surface area (TPSA) is 21.3 Å². The van der Waals surface area contributed by atoms with Crippen LogP contribution in [0.3, 0.4) is 0 Å². The van der Waals surface area contributed by atoms with E-state index in [4.69, 9.17) is 4.74 Å². The molecule has 32 heavy (non-hydrogen) atoms. The van der Waals surface area contributed by atoms with Crippen LogP contribution < -0.4 is 5.32 Å². The Kier molecular flexibility index (Phi) is 10.2. The number of hydrogen-bond acceptors (Lipinski definition) is 3. The molecule has 1 N–H and O–H groups in total. The molecule has 1 fully saturated rings. The molecule has 1 aliphatic rings. The van der Waals surface area contributed by atoms with Gasteiger partial charge in [-0.05, 0) is 69.0 Å². The lowest BCUT2D eigenvalue weighted by atomic mass is 9.98. The number of alkyl halides is 6. The van der Waals surface area contributed by atoms with Crippen LogP contribution in [0.25, 0.3) is 0 Å². The zero-order valence-corrected chi connectivity index (χ0v) is 19.5. The number of ether oxygens (including phenoxy) is 1. The molecule has 0 amide bonds. The van der Waals surface area contributed by atoms with E-state index in [1.54, 1.807) is 7.11 Å². The van der Waals surface area contributed by atoms with Crippen molar-refractivity contribution in [3.63, 3.8) is 0 Å². The number of benzene rings is 1. The molecule has 184 valence electrons. The molecule has 0 heterocycles. The summed E-state index contributed by atoms with van der Waals surface area (Å²) >= 11 is 1.96. The third-order valence-corrected chi connectivity index (χ3v) is 7.84. The van der Waals surface area contributed by atoms with Crippen LogP contribution in [0.4, 0.5) is 26.3 Å². The summed E-state index contributed by atoms with van der Waals surface area (Å²) in [5.41, 5.74) is -2.81. The summed E-state index contributed by atoms with van der Waals surface area (Å²) in [7, 11) is 1.70. The van der Waals surface area contributed by atoms with Gasteiger partial charge in [-0.25, -0.2) is 0 Å². The fourth-order valence-corrected chi connectivity index (χ4v) is 5.67. The quantitative estimate of drug-likeness (QED) is 0.267. The molecule has 1 aliphatic carbocycles. The Labute approximate surface area is 190 Å². The zero-order chi connectivity index (χ0) is 23.8. The average Bonchev–Trinajstić information content (AvgIpc) is 2.75. The van der Waals surface area contributed by atoms with Gasteiger partial charge in [-0.2, -0.15) is 38.1 Å². The maximum Gasteiger partial charge on any atom is 0.416 e. The van der Waals surface area contributed by atoms with E-state index < -0.39 is 23.5 Å². The minimum Gasteiger partial charge on any atom is -0.377 e. The monoisotopic (exact) mass is 485 g/mol. The molecule has 0 radical (unpaired) electrons. The second kappa shape index (κ2) is 12.0. The average molecular weight is 486 g/mol. The van der Waals surface area contributed by atoms with Gasteiger partial charge in [0.1, 0.15) is 0 Å². The van der Waals surface area contributed by atoms with Crippen LogP contribution in [0, 0.1) is 0 Å². The zero-order valence-electron chi connectivity index (χ0n) is 18.7. The molecule has 1 saturated carbocycles. The first-order valence-electron chi connectivity index (χ1n) is 11.1. The molecule has 2 rings (SSSR count). The van der Waals surface area contributed by atoms with Gasteiger partial charge in [0.15, 0.2) is 0 Å². The molecule has 0 spiro atoms. The van der Waals surface area contributed by atoms with Crippen molar-refractivity contribution in [3.05, 3.63) is 34.9 Å². The van der Waals surface area contributed by atoms with Crippen molar-refractivity contribution < 1.29 is 31.1 Å². The van der Waals surface area contributed by atoms with Crippen molar-refractivity contribution in [2.24, 2.45) is 0 Å². The molecule has 1 atom stereocenters. The van der Waals surface area contributed by atoms with Crippen LogP contribution in [0.5, 0.6) is 0 Å². The predicted octanol–water partition coefficient (Wildman–Crippen LogP) is 7.11. The van der Waals surface area contributed by atoms with Crippen molar-refractivity contribution in [2.75, 3.05) is 26.0 Å². The highest BCUT2D eigenvalue weighted by Crippen LogP contribution is 2.36. The molecule has 0 saturated heterocycles. The van der Waals surface area contributed by atoms with Gasteiger partial charge in [-0.15, -0.1) is 0 Å². The van der Waals surface area contributed by atoms with Gasteiger partial charge >= 0.3 is 12.4 Å². The molecule has 0 bridgehead atoms. The Morgan fingerprint density at radius 3 is 2.03 bits per heavy atom. The SMILES string of the molecule is CCC(CCNCCc1cc(C(F)(F)F)cc(C(F)(F)F)c1)(CSC1CCCCC1)OC. The minimum atomic E-state index is -4.82. The smallest absolute Gasteiger partial charge is 0.377 e. The number of thioether (sulfide) groups is 1. The van der Waals surface area contributed by atoms with Gasteiger partial charge in [0.05, 0.1) is 16.7 Å². The number of halogens is 6. The van der Waals surface area contributed by atoms with E-state index >= 15 is 0 Å². The largest absolute Gasteiger partial charge is 0.416 e. The molecule has 1 aromatic carbocycles. The Morgan fingerprint density at radius 2 is 1.53 bits per heavy atom. The van der Waals surface area contributed by atoms with Crippen LogP contribution in [-0.4, -0.2) is 36.8 Å². The van der Waals surface area contributed by atoms with Gasteiger partial charge in [0.25, 0.3) is 0 Å². The predicted molar refractivity (Wildman–Crippen MR) is 117 cm³/mol. The highest BCUT2D eigenvalue weighted by atomic mass is 32.2. The normalized spacial score (nSPS) is 18.0. The summed E-state index contributed by atoms with van der Waals surface area (Å²) in [5, 5.41) is 3.83. The van der Waals surface area contributed by atoms with E-state index in [2.05, 4.69) is 12.2 Å². The van der Waals surface area contributed by atoms with Crippen LogP contribution >= 0.6 is 11.8 Å². The lowest BCUT2D eigenvalue weighted by Gasteiger charge is -2.33. The van der Waals surface area contributed by atoms with E-state index in [1.807, 2.05) is 11.8 Å². The van der Waals surface area contributed by atoms with Crippen molar-refractivity contribution in [3.8, 4) is 0 Å². The minimum absolute atomic E-state index is 0.0148. The second-order valence-electron chi connectivity index (χ2n) is 8.48. The number of hydrogen-bond donors (Lipinski definition) is 1. The Bertz CT molecular complexity index is 664. The Hall–Kier alpha value is -0.930. The van der Waals surface area contributed by atoms with Crippen molar-refractivity contribution in [1.29, 1.82) is 0 Å². The lowest BCUT2D eigenvalue weighted by Crippen LogP contribution is -2.38. The fourth-order valence-electron chi connectivity index (χ4n) is 4.00. The highest BCUT2D eigenvalue weighted by Gasteiger charge is 2.36. The molecule has 0 aromatic heterocycles. The summed E-state index contributed by atoms with van der Waals surface area (Å²) in [6.07, 6.45) is -1.65. The number of nitrogens with one attached hydrogen (secondary N) is 1. The summed E-state index contributed by atoms with van der Waals surface area (Å²) in [6.45, 7) is 2.95. The van der Waals surface area contributed by atoms with Gasteiger partial charge in [-0.3, -0.25) is 0 Å². The molecular weight excluding hydrogens is 452 g/mol.